The number of rotatable bonds is 5. The fraction of sp³-hybridized carbons (Fsp3) is 0.533. The summed E-state index contributed by atoms with van der Waals surface area (Å²) in [6.07, 6.45) is 0.580. The molecule has 0 radical (unpaired) electrons. The average molecular weight is 317 g/mol. The molecule has 1 atom stereocenters. The van der Waals surface area contributed by atoms with Crippen LogP contribution in [-0.2, 0) is 14.8 Å². The lowest BCUT2D eigenvalue weighted by molar-refractivity contribution is 0.0334. The van der Waals surface area contributed by atoms with E-state index in [0.29, 0.717) is 5.56 Å². The number of esters is 1. The van der Waals surface area contributed by atoms with Crippen molar-refractivity contribution in [2.75, 3.05) is 14.1 Å². The van der Waals surface area contributed by atoms with Crippen LogP contribution in [0.4, 0.5) is 0 Å². The summed E-state index contributed by atoms with van der Waals surface area (Å²) in [5.74, 6) is -0.442. The summed E-state index contributed by atoms with van der Waals surface area (Å²) in [6.45, 7) is 3.73. The number of sulfonamides is 1. The van der Waals surface area contributed by atoms with Gasteiger partial charge in [0, 0.05) is 14.1 Å². The van der Waals surface area contributed by atoms with Gasteiger partial charge in [-0.15, -0.1) is 0 Å². The Balaban J connectivity index is 0. The van der Waals surface area contributed by atoms with E-state index in [2.05, 4.69) is 0 Å². The Morgan fingerprint density at radius 3 is 2.05 bits per heavy atom. The molecular formula is C15H27NO4S. The molecule has 1 rings (SSSR count). The normalized spacial score (nSPS) is 12.0. The van der Waals surface area contributed by atoms with E-state index in [9.17, 15) is 13.2 Å². The number of nitrogens with zero attached hydrogens (tertiary/aromatic N) is 1. The third kappa shape index (κ3) is 5.47. The number of hydrogen-bond acceptors (Lipinski definition) is 4. The van der Waals surface area contributed by atoms with E-state index in [0.717, 1.165) is 10.7 Å². The highest BCUT2D eigenvalue weighted by Crippen LogP contribution is 2.15. The van der Waals surface area contributed by atoms with Crippen LogP contribution in [0.1, 0.15) is 45.5 Å². The predicted octanol–water partition coefficient (Wildman–Crippen LogP) is 3.16. The van der Waals surface area contributed by atoms with Crippen LogP contribution >= 0.6 is 0 Å². The van der Waals surface area contributed by atoms with Crippen LogP contribution in [-0.4, -0.2) is 38.9 Å². The highest BCUT2D eigenvalue weighted by molar-refractivity contribution is 7.89. The molecule has 0 aliphatic rings. The molecular weight excluding hydrogens is 290 g/mol. The number of ether oxygens (including phenoxy) is 1. The van der Waals surface area contributed by atoms with Crippen molar-refractivity contribution in [1.29, 1.82) is 0 Å². The number of benzene rings is 1. The van der Waals surface area contributed by atoms with Crippen LogP contribution in [0.25, 0.3) is 0 Å². The maximum Gasteiger partial charge on any atom is 0.338 e. The molecule has 0 spiro atoms. The van der Waals surface area contributed by atoms with Crippen molar-refractivity contribution in [3.05, 3.63) is 29.8 Å². The second-order valence-electron chi connectivity index (χ2n) is 4.44. The van der Waals surface area contributed by atoms with E-state index in [4.69, 9.17) is 4.74 Å². The molecule has 5 nitrogen and oxygen atoms in total. The van der Waals surface area contributed by atoms with Gasteiger partial charge < -0.3 is 4.74 Å². The molecule has 1 aromatic rings. The van der Waals surface area contributed by atoms with Crippen LogP contribution in [0, 0.1) is 0 Å². The third-order valence-electron chi connectivity index (χ3n) is 2.75. The van der Waals surface area contributed by atoms with Crippen LogP contribution in [0.2, 0.25) is 0 Å². The summed E-state index contributed by atoms with van der Waals surface area (Å²) >= 11 is 0. The zero-order valence-corrected chi connectivity index (χ0v) is 12.4. The third-order valence-corrected chi connectivity index (χ3v) is 4.58. The summed E-state index contributed by atoms with van der Waals surface area (Å²) < 4.78 is 30.0. The Bertz CT molecular complexity index is 535. The van der Waals surface area contributed by atoms with Gasteiger partial charge in [-0.25, -0.2) is 17.5 Å². The van der Waals surface area contributed by atoms with Crippen LogP contribution in [0.5, 0.6) is 0 Å². The molecule has 0 saturated carbocycles. The van der Waals surface area contributed by atoms with Crippen molar-refractivity contribution in [2.45, 2.75) is 46.1 Å². The minimum Gasteiger partial charge on any atom is -0.459 e. The predicted molar refractivity (Wildman–Crippen MR) is 85.9 cm³/mol. The maximum atomic E-state index is 11.8. The van der Waals surface area contributed by atoms with Gasteiger partial charge in [0.25, 0.3) is 0 Å². The summed E-state index contributed by atoms with van der Waals surface area (Å²) in [7, 11) is -0.548. The Morgan fingerprint density at radius 2 is 1.67 bits per heavy atom. The Morgan fingerprint density at radius 1 is 1.19 bits per heavy atom. The molecule has 1 aromatic carbocycles. The van der Waals surface area contributed by atoms with E-state index in [1.54, 1.807) is 0 Å². The van der Waals surface area contributed by atoms with Crippen LogP contribution in [0.3, 0.4) is 0 Å². The van der Waals surface area contributed by atoms with E-state index < -0.39 is 16.0 Å². The van der Waals surface area contributed by atoms with Crippen molar-refractivity contribution in [2.24, 2.45) is 0 Å². The summed E-state index contributed by atoms with van der Waals surface area (Å²) in [5.41, 5.74) is 0.345. The summed E-state index contributed by atoms with van der Waals surface area (Å²) in [5, 5.41) is 0. The lowest BCUT2D eigenvalue weighted by Crippen LogP contribution is -2.22. The van der Waals surface area contributed by atoms with E-state index in [-0.39, 0.29) is 25.9 Å². The Hall–Kier alpha value is -1.40. The first-order valence-electron chi connectivity index (χ1n) is 6.02. The van der Waals surface area contributed by atoms with Gasteiger partial charge in [-0.3, -0.25) is 0 Å². The molecule has 0 amide bonds. The van der Waals surface area contributed by atoms with Gasteiger partial charge in [0.1, 0.15) is 0 Å². The maximum absolute atomic E-state index is 11.8. The first-order chi connectivity index (χ1) is 8.78. The van der Waals surface area contributed by atoms with Crippen LogP contribution < -0.4 is 0 Å². The van der Waals surface area contributed by atoms with Crippen molar-refractivity contribution < 1.29 is 17.9 Å². The molecule has 0 fully saturated rings. The Labute approximate surface area is 129 Å². The SMILES string of the molecule is C.C.CCC(C)OC(=O)c1ccc(S(=O)(=O)N(C)C)cc1. The molecule has 0 aliphatic carbocycles. The molecule has 0 heterocycles. The van der Waals surface area contributed by atoms with Gasteiger partial charge in [0.2, 0.25) is 10.0 Å². The highest BCUT2D eigenvalue weighted by Gasteiger charge is 2.18. The standard InChI is InChI=1S/C13H19NO4S.2CH4/c1-5-10(2)18-13(15)11-6-8-12(9-7-11)19(16,17)14(3)4;;/h6-10H,5H2,1-4H3;2*1H4. The van der Waals surface area contributed by atoms with Crippen molar-refractivity contribution >= 4 is 16.0 Å². The molecule has 0 aromatic heterocycles. The first kappa shape index (κ1) is 21.9. The van der Waals surface area contributed by atoms with E-state index >= 15 is 0 Å². The molecule has 122 valence electrons. The largest absolute Gasteiger partial charge is 0.459 e. The Kier molecular flexibility index (Phi) is 9.16. The monoisotopic (exact) mass is 317 g/mol. The quantitative estimate of drug-likeness (QED) is 0.783. The van der Waals surface area contributed by atoms with Gasteiger partial charge in [-0.05, 0) is 37.6 Å². The van der Waals surface area contributed by atoms with Gasteiger partial charge in [-0.2, -0.15) is 0 Å². The van der Waals surface area contributed by atoms with Crippen molar-refractivity contribution in [3.8, 4) is 0 Å². The smallest absolute Gasteiger partial charge is 0.338 e. The second-order valence-corrected chi connectivity index (χ2v) is 6.59. The fourth-order valence-corrected chi connectivity index (χ4v) is 2.21. The van der Waals surface area contributed by atoms with Crippen molar-refractivity contribution in [3.63, 3.8) is 0 Å². The second kappa shape index (κ2) is 8.79. The van der Waals surface area contributed by atoms with Crippen LogP contribution in [0.15, 0.2) is 29.2 Å². The zero-order valence-electron chi connectivity index (χ0n) is 11.6. The van der Waals surface area contributed by atoms with Gasteiger partial charge in [-0.1, -0.05) is 21.8 Å². The zero-order chi connectivity index (χ0) is 14.6. The minimum absolute atomic E-state index is 0. The fourth-order valence-electron chi connectivity index (χ4n) is 1.31. The first-order valence-corrected chi connectivity index (χ1v) is 7.46. The number of carbonyl (C=O) groups excluding carboxylic acids is 1. The molecule has 0 saturated heterocycles. The molecule has 0 aliphatic heterocycles. The molecule has 1 unspecified atom stereocenters. The lowest BCUT2D eigenvalue weighted by Gasteiger charge is -2.13. The summed E-state index contributed by atoms with van der Waals surface area (Å²) in [4.78, 5) is 11.9. The van der Waals surface area contributed by atoms with Gasteiger partial charge >= 0.3 is 5.97 Å². The molecule has 0 N–H and O–H groups in total. The van der Waals surface area contributed by atoms with Crippen molar-refractivity contribution in [1.82, 2.24) is 4.31 Å². The minimum atomic E-state index is -3.47. The van der Waals surface area contributed by atoms with E-state index in [1.807, 2.05) is 13.8 Å². The lowest BCUT2D eigenvalue weighted by atomic mass is 10.2. The number of hydrogen-bond donors (Lipinski definition) is 0. The van der Waals surface area contributed by atoms with Gasteiger partial charge in [0.15, 0.2) is 0 Å². The topological polar surface area (TPSA) is 63.7 Å². The highest BCUT2D eigenvalue weighted by atomic mass is 32.2. The number of carbonyl (C=O) groups is 1. The summed E-state index contributed by atoms with van der Waals surface area (Å²) in [6, 6.07) is 5.73. The molecule has 0 bridgehead atoms. The molecule has 6 heteroatoms. The van der Waals surface area contributed by atoms with E-state index in [1.165, 1.54) is 38.4 Å². The average Bonchev–Trinajstić information content (AvgIpc) is 2.38. The molecule has 21 heavy (non-hydrogen) atoms. The van der Waals surface area contributed by atoms with Gasteiger partial charge in [0.05, 0.1) is 16.6 Å².